The van der Waals surface area contributed by atoms with E-state index >= 15 is 0 Å². The van der Waals surface area contributed by atoms with Crippen molar-refractivity contribution in [2.45, 2.75) is 18.8 Å². The third kappa shape index (κ3) is 0.677. The van der Waals surface area contributed by atoms with Gasteiger partial charge in [0.25, 0.3) is 0 Å². The third-order valence-electron chi connectivity index (χ3n) is 2.66. The number of aromatic nitrogens is 2. The molecule has 0 amide bonds. The van der Waals surface area contributed by atoms with Crippen LogP contribution < -0.4 is 4.90 Å². The Balaban J connectivity index is 2.19. The van der Waals surface area contributed by atoms with Crippen LogP contribution in [0.25, 0.3) is 0 Å². The molecule has 2 bridgehead atoms. The van der Waals surface area contributed by atoms with Gasteiger partial charge in [-0.05, 0) is 12.8 Å². The predicted molar refractivity (Wildman–Crippen MR) is 44.1 cm³/mol. The van der Waals surface area contributed by atoms with Crippen LogP contribution in [0, 0.1) is 0 Å². The van der Waals surface area contributed by atoms with Gasteiger partial charge in [0.2, 0.25) is 0 Å². The standard InChI is InChI=1S/C7H9N3S/c1-3-10-4-2-5(1)6-7(10)11-9-8-6/h5H,1-4H2. The van der Waals surface area contributed by atoms with E-state index in [1.807, 2.05) is 0 Å². The zero-order valence-electron chi connectivity index (χ0n) is 6.16. The van der Waals surface area contributed by atoms with Crippen LogP contribution in [0.5, 0.6) is 0 Å². The van der Waals surface area contributed by atoms with Crippen LogP contribution in [-0.2, 0) is 0 Å². The van der Waals surface area contributed by atoms with Crippen molar-refractivity contribution in [2.24, 2.45) is 0 Å². The van der Waals surface area contributed by atoms with E-state index in [2.05, 4.69) is 14.5 Å². The summed E-state index contributed by atoms with van der Waals surface area (Å²) >= 11 is 1.55. The Morgan fingerprint density at radius 3 is 2.91 bits per heavy atom. The molecule has 3 aliphatic rings. The number of anilines is 1. The molecule has 1 aromatic heterocycles. The summed E-state index contributed by atoms with van der Waals surface area (Å²) in [5.41, 5.74) is 1.27. The van der Waals surface area contributed by atoms with Crippen LogP contribution in [0.3, 0.4) is 0 Å². The zero-order valence-corrected chi connectivity index (χ0v) is 6.97. The lowest BCUT2D eigenvalue weighted by atomic mass is 9.90. The van der Waals surface area contributed by atoms with Crippen molar-refractivity contribution in [3.63, 3.8) is 0 Å². The van der Waals surface area contributed by atoms with Crippen molar-refractivity contribution in [3.05, 3.63) is 5.69 Å². The van der Waals surface area contributed by atoms with Gasteiger partial charge in [0, 0.05) is 30.5 Å². The SMILES string of the molecule is C1CN2CCC1c1nnsc12. The summed E-state index contributed by atoms with van der Waals surface area (Å²) in [5, 5.41) is 5.51. The van der Waals surface area contributed by atoms with E-state index in [0.717, 1.165) is 5.92 Å². The number of hydrogen-bond acceptors (Lipinski definition) is 4. The van der Waals surface area contributed by atoms with E-state index in [1.165, 1.54) is 36.6 Å². The van der Waals surface area contributed by atoms with E-state index in [9.17, 15) is 0 Å². The molecule has 0 radical (unpaired) electrons. The molecule has 11 heavy (non-hydrogen) atoms. The Labute approximate surface area is 69.2 Å². The smallest absolute Gasteiger partial charge is 0.136 e. The maximum absolute atomic E-state index is 4.17. The summed E-state index contributed by atoms with van der Waals surface area (Å²) < 4.78 is 3.99. The average Bonchev–Trinajstić information content (AvgIpc) is 2.55. The normalized spacial score (nSPS) is 22.4. The van der Waals surface area contributed by atoms with E-state index < -0.39 is 0 Å². The van der Waals surface area contributed by atoms with Crippen LogP contribution in [0.4, 0.5) is 5.00 Å². The Morgan fingerprint density at radius 1 is 1.36 bits per heavy atom. The second-order valence-corrected chi connectivity index (χ2v) is 3.96. The van der Waals surface area contributed by atoms with Crippen molar-refractivity contribution < 1.29 is 0 Å². The van der Waals surface area contributed by atoms with Gasteiger partial charge in [-0.1, -0.05) is 4.49 Å². The molecule has 0 spiro atoms. The molecular formula is C7H9N3S. The Bertz CT molecular complexity index is 248. The fraction of sp³-hybridized carbons (Fsp3) is 0.714. The Hall–Kier alpha value is -0.640. The fourth-order valence-corrected chi connectivity index (χ4v) is 2.83. The topological polar surface area (TPSA) is 29.0 Å². The van der Waals surface area contributed by atoms with Gasteiger partial charge in [-0.3, -0.25) is 0 Å². The molecule has 0 N–H and O–H groups in total. The summed E-state index contributed by atoms with van der Waals surface area (Å²) in [7, 11) is 0. The van der Waals surface area contributed by atoms with Gasteiger partial charge < -0.3 is 4.90 Å². The molecule has 3 nitrogen and oxygen atoms in total. The van der Waals surface area contributed by atoms with Crippen molar-refractivity contribution in [2.75, 3.05) is 18.0 Å². The summed E-state index contributed by atoms with van der Waals surface area (Å²) in [6, 6.07) is 0. The zero-order chi connectivity index (χ0) is 7.26. The molecule has 0 aliphatic carbocycles. The highest BCUT2D eigenvalue weighted by atomic mass is 32.1. The van der Waals surface area contributed by atoms with Gasteiger partial charge in [-0.15, -0.1) is 5.10 Å². The van der Waals surface area contributed by atoms with Gasteiger partial charge in [0.15, 0.2) is 0 Å². The number of rotatable bonds is 0. The summed E-state index contributed by atoms with van der Waals surface area (Å²) in [6.07, 6.45) is 2.58. The minimum atomic E-state index is 0.730. The third-order valence-corrected chi connectivity index (χ3v) is 3.47. The van der Waals surface area contributed by atoms with E-state index in [4.69, 9.17) is 0 Å². The molecule has 3 aliphatic heterocycles. The highest BCUT2D eigenvalue weighted by Crippen LogP contribution is 2.42. The lowest BCUT2D eigenvalue weighted by molar-refractivity contribution is 0.467. The molecule has 1 saturated heterocycles. The van der Waals surface area contributed by atoms with Crippen LogP contribution in [0.2, 0.25) is 0 Å². The molecule has 0 aromatic carbocycles. The highest BCUT2D eigenvalue weighted by Gasteiger charge is 2.33. The maximum atomic E-state index is 4.17. The van der Waals surface area contributed by atoms with Crippen molar-refractivity contribution in [3.8, 4) is 0 Å². The van der Waals surface area contributed by atoms with Crippen LogP contribution >= 0.6 is 11.5 Å². The molecule has 1 aromatic rings. The minimum Gasteiger partial charge on any atom is -0.361 e. The highest BCUT2D eigenvalue weighted by molar-refractivity contribution is 7.10. The minimum absolute atomic E-state index is 0.730. The molecule has 0 unspecified atom stereocenters. The van der Waals surface area contributed by atoms with Crippen molar-refractivity contribution in [1.29, 1.82) is 0 Å². The van der Waals surface area contributed by atoms with Gasteiger partial charge >= 0.3 is 0 Å². The largest absolute Gasteiger partial charge is 0.361 e. The summed E-state index contributed by atoms with van der Waals surface area (Å²) in [6.45, 7) is 2.45. The van der Waals surface area contributed by atoms with Gasteiger partial charge in [0.1, 0.15) is 10.7 Å². The first-order valence-electron chi connectivity index (χ1n) is 4.02. The first-order chi connectivity index (χ1) is 5.45. The van der Waals surface area contributed by atoms with Gasteiger partial charge in [-0.25, -0.2) is 0 Å². The first-order valence-corrected chi connectivity index (χ1v) is 4.79. The Morgan fingerprint density at radius 2 is 2.18 bits per heavy atom. The molecule has 4 rings (SSSR count). The molecule has 1 fully saturated rings. The lowest BCUT2D eigenvalue weighted by Gasteiger charge is -2.37. The molecule has 0 atom stereocenters. The summed E-state index contributed by atoms with van der Waals surface area (Å²) in [4.78, 5) is 2.42. The Kier molecular flexibility index (Phi) is 1.05. The quantitative estimate of drug-likeness (QED) is 0.582. The van der Waals surface area contributed by atoms with E-state index in [1.54, 1.807) is 11.5 Å². The molecular weight excluding hydrogens is 158 g/mol. The monoisotopic (exact) mass is 167 g/mol. The second-order valence-electron chi connectivity index (χ2n) is 3.22. The second kappa shape index (κ2) is 1.94. The van der Waals surface area contributed by atoms with Crippen LogP contribution in [0.1, 0.15) is 24.5 Å². The molecule has 4 heteroatoms. The average molecular weight is 167 g/mol. The molecule has 0 saturated carbocycles. The molecule has 58 valence electrons. The van der Waals surface area contributed by atoms with Crippen LogP contribution in [-0.4, -0.2) is 22.7 Å². The number of hydrogen-bond donors (Lipinski definition) is 0. The molecule has 4 heterocycles. The van der Waals surface area contributed by atoms with E-state index in [0.29, 0.717) is 0 Å². The van der Waals surface area contributed by atoms with Gasteiger partial charge in [-0.2, -0.15) is 0 Å². The maximum Gasteiger partial charge on any atom is 0.136 e. The number of piperidine rings is 1. The van der Waals surface area contributed by atoms with Crippen molar-refractivity contribution >= 4 is 16.5 Å². The number of fused-ring (bicyclic) bond motifs is 2. The van der Waals surface area contributed by atoms with Crippen molar-refractivity contribution in [1.82, 2.24) is 9.59 Å². The first kappa shape index (κ1) is 5.94. The predicted octanol–water partition coefficient (Wildman–Crippen LogP) is 1.24. The summed E-state index contributed by atoms with van der Waals surface area (Å²) in [5.74, 6) is 0.730. The van der Waals surface area contributed by atoms with Crippen LogP contribution in [0.15, 0.2) is 0 Å². The lowest BCUT2D eigenvalue weighted by Crippen LogP contribution is -2.37. The fourth-order valence-electron chi connectivity index (χ4n) is 2.02. The van der Waals surface area contributed by atoms with E-state index in [-0.39, 0.29) is 0 Å². The number of nitrogens with zero attached hydrogens (tertiary/aromatic N) is 3. The van der Waals surface area contributed by atoms with Gasteiger partial charge in [0.05, 0.1) is 0 Å².